The van der Waals surface area contributed by atoms with E-state index in [1.54, 1.807) is 31.3 Å². The number of rotatable bonds is 2. The van der Waals surface area contributed by atoms with Gasteiger partial charge in [-0.25, -0.2) is 0 Å². The van der Waals surface area contributed by atoms with Crippen molar-refractivity contribution in [3.63, 3.8) is 0 Å². The summed E-state index contributed by atoms with van der Waals surface area (Å²) >= 11 is 0. The normalized spacial score (nSPS) is 10.7. The number of nitrogens with one attached hydrogen (secondary N) is 1. The number of hydrogen-bond acceptors (Lipinski definition) is 5. The lowest BCUT2D eigenvalue weighted by molar-refractivity contribution is 0.102. The topological polar surface area (TPSA) is 94.0 Å². The number of hydrogen-bond donors (Lipinski definition) is 2. The molecule has 20 heavy (non-hydrogen) atoms. The van der Waals surface area contributed by atoms with E-state index in [0.717, 1.165) is 5.39 Å². The Balaban J connectivity index is 2.01. The largest absolute Gasteiger partial charge is 0.399 e. The summed E-state index contributed by atoms with van der Waals surface area (Å²) in [6.45, 7) is 1.75. The highest BCUT2D eigenvalue weighted by Gasteiger charge is 2.13. The van der Waals surface area contributed by atoms with Crippen LogP contribution in [-0.4, -0.2) is 16.0 Å². The van der Waals surface area contributed by atoms with Gasteiger partial charge in [-0.2, -0.15) is 0 Å². The number of benzene rings is 1. The monoisotopic (exact) mass is 268 g/mol. The Morgan fingerprint density at radius 3 is 2.90 bits per heavy atom. The second-order valence-electron chi connectivity index (χ2n) is 4.42. The lowest BCUT2D eigenvalue weighted by Crippen LogP contribution is -2.14. The molecule has 0 saturated heterocycles. The standard InChI is InChI=1S/C14H12N4O2/c1-8-6-12(18-20-8)17-14(19)13-11-7-10(15)3-2-9(11)4-5-16-13/h2-7H,15H2,1H3,(H,17,18,19). The second-order valence-corrected chi connectivity index (χ2v) is 4.42. The molecule has 3 rings (SSSR count). The van der Waals surface area contributed by atoms with Gasteiger partial charge >= 0.3 is 0 Å². The Labute approximate surface area is 114 Å². The smallest absolute Gasteiger partial charge is 0.276 e. The summed E-state index contributed by atoms with van der Waals surface area (Å²) < 4.78 is 4.90. The van der Waals surface area contributed by atoms with Crippen molar-refractivity contribution in [2.45, 2.75) is 6.92 Å². The molecule has 0 saturated carbocycles. The molecule has 1 aromatic carbocycles. The third kappa shape index (κ3) is 2.18. The van der Waals surface area contributed by atoms with Gasteiger partial charge in [0.1, 0.15) is 11.5 Å². The van der Waals surface area contributed by atoms with Gasteiger partial charge in [0.25, 0.3) is 5.91 Å². The van der Waals surface area contributed by atoms with Crippen LogP contribution in [0.2, 0.25) is 0 Å². The number of nitrogen functional groups attached to an aromatic ring is 1. The van der Waals surface area contributed by atoms with Crippen molar-refractivity contribution < 1.29 is 9.32 Å². The van der Waals surface area contributed by atoms with E-state index in [-0.39, 0.29) is 5.91 Å². The Morgan fingerprint density at radius 2 is 2.15 bits per heavy atom. The summed E-state index contributed by atoms with van der Waals surface area (Å²) in [6.07, 6.45) is 1.58. The number of carbonyl (C=O) groups is 1. The van der Waals surface area contributed by atoms with E-state index in [9.17, 15) is 4.79 Å². The van der Waals surface area contributed by atoms with E-state index in [2.05, 4.69) is 15.5 Å². The molecule has 0 atom stereocenters. The SMILES string of the molecule is Cc1cc(NC(=O)c2nccc3ccc(N)cc23)no1. The number of fused-ring (bicyclic) bond motifs is 1. The zero-order valence-corrected chi connectivity index (χ0v) is 10.8. The lowest BCUT2D eigenvalue weighted by Gasteiger charge is -2.05. The number of nitrogens with two attached hydrogens (primary N) is 1. The van der Waals surface area contributed by atoms with Crippen LogP contribution in [0.3, 0.4) is 0 Å². The predicted octanol–water partition coefficient (Wildman–Crippen LogP) is 2.37. The summed E-state index contributed by atoms with van der Waals surface area (Å²) in [5.41, 5.74) is 6.64. The van der Waals surface area contributed by atoms with Crippen LogP contribution in [0, 0.1) is 6.92 Å². The molecule has 0 spiro atoms. The highest BCUT2D eigenvalue weighted by molar-refractivity contribution is 6.11. The van der Waals surface area contributed by atoms with Crippen LogP contribution in [0.4, 0.5) is 11.5 Å². The molecule has 2 aromatic heterocycles. The van der Waals surface area contributed by atoms with Crippen molar-refractivity contribution in [2.75, 3.05) is 11.1 Å². The number of anilines is 2. The molecule has 3 aromatic rings. The first kappa shape index (κ1) is 12.2. The molecule has 6 nitrogen and oxygen atoms in total. The van der Waals surface area contributed by atoms with E-state index in [0.29, 0.717) is 28.3 Å². The Morgan fingerprint density at radius 1 is 1.30 bits per heavy atom. The van der Waals surface area contributed by atoms with Crippen molar-refractivity contribution in [1.29, 1.82) is 0 Å². The number of aromatic nitrogens is 2. The third-order valence-corrected chi connectivity index (χ3v) is 2.87. The maximum Gasteiger partial charge on any atom is 0.276 e. The second kappa shape index (κ2) is 4.65. The molecule has 0 unspecified atom stereocenters. The number of aryl methyl sites for hydroxylation is 1. The Kier molecular flexibility index (Phi) is 2.83. The summed E-state index contributed by atoms with van der Waals surface area (Å²) in [4.78, 5) is 16.4. The molecule has 0 aliphatic rings. The maximum absolute atomic E-state index is 12.3. The van der Waals surface area contributed by atoms with Gasteiger partial charge in [-0.05, 0) is 30.5 Å². The first-order chi connectivity index (χ1) is 9.63. The van der Waals surface area contributed by atoms with Crippen molar-refractivity contribution in [2.24, 2.45) is 0 Å². The fourth-order valence-corrected chi connectivity index (χ4v) is 1.97. The fourth-order valence-electron chi connectivity index (χ4n) is 1.97. The summed E-state index contributed by atoms with van der Waals surface area (Å²) in [6, 6.07) is 8.82. The number of nitrogens with zero attached hydrogens (tertiary/aromatic N) is 2. The first-order valence-electron chi connectivity index (χ1n) is 6.02. The van der Waals surface area contributed by atoms with Gasteiger partial charge in [0.15, 0.2) is 5.82 Å². The quantitative estimate of drug-likeness (QED) is 0.696. The van der Waals surface area contributed by atoms with Crippen LogP contribution in [0.5, 0.6) is 0 Å². The molecule has 0 fully saturated rings. The summed E-state index contributed by atoms with van der Waals surface area (Å²) in [7, 11) is 0. The van der Waals surface area contributed by atoms with E-state index in [4.69, 9.17) is 10.3 Å². The molecule has 3 N–H and O–H groups in total. The number of carbonyl (C=O) groups excluding carboxylic acids is 1. The molecule has 0 bridgehead atoms. The Hall–Kier alpha value is -2.89. The van der Waals surface area contributed by atoms with Crippen LogP contribution in [0.15, 0.2) is 41.1 Å². The predicted molar refractivity (Wildman–Crippen MR) is 75.3 cm³/mol. The molecule has 2 heterocycles. The van der Waals surface area contributed by atoms with Gasteiger partial charge in [0, 0.05) is 23.3 Å². The molecule has 6 heteroatoms. The first-order valence-corrected chi connectivity index (χ1v) is 6.02. The van der Waals surface area contributed by atoms with Gasteiger partial charge in [-0.15, -0.1) is 0 Å². The zero-order valence-electron chi connectivity index (χ0n) is 10.8. The van der Waals surface area contributed by atoms with Crippen LogP contribution >= 0.6 is 0 Å². The lowest BCUT2D eigenvalue weighted by atomic mass is 10.1. The Bertz CT molecular complexity index is 795. The van der Waals surface area contributed by atoms with E-state index in [1.807, 2.05) is 12.1 Å². The minimum Gasteiger partial charge on any atom is -0.399 e. The molecule has 0 radical (unpaired) electrons. The maximum atomic E-state index is 12.3. The molecule has 0 aliphatic heterocycles. The van der Waals surface area contributed by atoms with E-state index < -0.39 is 0 Å². The van der Waals surface area contributed by atoms with Crippen molar-refractivity contribution >= 4 is 28.2 Å². The fraction of sp³-hybridized carbons (Fsp3) is 0.0714. The average Bonchev–Trinajstić information content (AvgIpc) is 2.83. The minimum absolute atomic E-state index is 0.301. The molecule has 1 amide bonds. The zero-order chi connectivity index (χ0) is 14.1. The van der Waals surface area contributed by atoms with Gasteiger partial charge in [0.05, 0.1) is 0 Å². The molecular weight excluding hydrogens is 256 g/mol. The van der Waals surface area contributed by atoms with Gasteiger partial charge < -0.3 is 15.6 Å². The van der Waals surface area contributed by atoms with Gasteiger partial charge in [0.2, 0.25) is 0 Å². The molecule has 0 aliphatic carbocycles. The highest BCUT2D eigenvalue weighted by atomic mass is 16.5. The highest BCUT2D eigenvalue weighted by Crippen LogP contribution is 2.20. The molecule has 100 valence electrons. The third-order valence-electron chi connectivity index (χ3n) is 2.87. The minimum atomic E-state index is -0.352. The average molecular weight is 268 g/mol. The number of amides is 1. The van der Waals surface area contributed by atoms with Crippen molar-refractivity contribution in [3.05, 3.63) is 48.0 Å². The van der Waals surface area contributed by atoms with Crippen LogP contribution in [-0.2, 0) is 0 Å². The molecular formula is C14H12N4O2. The van der Waals surface area contributed by atoms with E-state index >= 15 is 0 Å². The van der Waals surface area contributed by atoms with Crippen molar-refractivity contribution in [1.82, 2.24) is 10.1 Å². The van der Waals surface area contributed by atoms with Crippen LogP contribution < -0.4 is 11.1 Å². The van der Waals surface area contributed by atoms with Gasteiger partial charge in [-0.3, -0.25) is 9.78 Å². The number of pyridine rings is 1. The summed E-state index contributed by atoms with van der Waals surface area (Å²) in [5, 5.41) is 7.96. The van der Waals surface area contributed by atoms with Crippen LogP contribution in [0.25, 0.3) is 10.8 Å². The van der Waals surface area contributed by atoms with Gasteiger partial charge in [-0.1, -0.05) is 11.2 Å². The van der Waals surface area contributed by atoms with E-state index in [1.165, 1.54) is 0 Å². The van der Waals surface area contributed by atoms with Crippen molar-refractivity contribution in [3.8, 4) is 0 Å². The summed E-state index contributed by atoms with van der Waals surface area (Å²) in [5.74, 6) is 0.625. The van der Waals surface area contributed by atoms with Crippen LogP contribution in [0.1, 0.15) is 16.2 Å².